The van der Waals surface area contributed by atoms with Crippen molar-refractivity contribution >= 4 is 11.6 Å². The van der Waals surface area contributed by atoms with E-state index in [9.17, 15) is 0 Å². The van der Waals surface area contributed by atoms with E-state index >= 15 is 0 Å². The third-order valence-corrected chi connectivity index (χ3v) is 3.47. The van der Waals surface area contributed by atoms with Crippen LogP contribution in [0.2, 0.25) is 5.15 Å². The average molecular weight is 254 g/mol. The third-order valence-electron chi connectivity index (χ3n) is 2.99. The van der Waals surface area contributed by atoms with Crippen molar-refractivity contribution in [3.05, 3.63) is 40.1 Å². The molecule has 1 unspecified atom stereocenters. The highest BCUT2D eigenvalue weighted by Gasteiger charge is 2.18. The molecule has 5 heteroatoms. The van der Waals surface area contributed by atoms with Gasteiger partial charge in [0.05, 0.1) is 12.0 Å². The van der Waals surface area contributed by atoms with Crippen molar-refractivity contribution in [3.63, 3.8) is 0 Å². The Morgan fingerprint density at radius 2 is 2.24 bits per heavy atom. The van der Waals surface area contributed by atoms with Gasteiger partial charge in [-0.3, -0.25) is 4.68 Å². The SMILES string of the molecule is Cc1nn(C)c(Cl)c1CC(N)c1ccoc1C. The van der Waals surface area contributed by atoms with Gasteiger partial charge in [-0.05, 0) is 26.3 Å². The van der Waals surface area contributed by atoms with Gasteiger partial charge in [0.2, 0.25) is 0 Å². The number of rotatable bonds is 3. The Bertz CT molecular complexity index is 530. The molecular weight excluding hydrogens is 238 g/mol. The second-order valence-corrected chi connectivity index (χ2v) is 4.58. The van der Waals surface area contributed by atoms with Gasteiger partial charge in [0, 0.05) is 24.2 Å². The summed E-state index contributed by atoms with van der Waals surface area (Å²) < 4.78 is 6.92. The quantitative estimate of drug-likeness (QED) is 0.915. The summed E-state index contributed by atoms with van der Waals surface area (Å²) in [5.41, 5.74) is 9.11. The van der Waals surface area contributed by atoms with Crippen LogP contribution in [-0.2, 0) is 13.5 Å². The molecule has 0 saturated carbocycles. The van der Waals surface area contributed by atoms with Crippen molar-refractivity contribution in [2.75, 3.05) is 0 Å². The van der Waals surface area contributed by atoms with Gasteiger partial charge < -0.3 is 10.2 Å². The predicted molar refractivity (Wildman–Crippen MR) is 67.0 cm³/mol. The lowest BCUT2D eigenvalue weighted by molar-refractivity contribution is 0.524. The predicted octanol–water partition coefficient (Wildman–Crippen LogP) is 2.53. The minimum atomic E-state index is -0.117. The molecule has 0 aromatic carbocycles. The first-order valence-electron chi connectivity index (χ1n) is 5.48. The third kappa shape index (κ3) is 2.23. The molecule has 2 N–H and O–H groups in total. The van der Waals surface area contributed by atoms with Crippen LogP contribution in [0.25, 0.3) is 0 Å². The summed E-state index contributed by atoms with van der Waals surface area (Å²) in [7, 11) is 1.83. The number of furan rings is 1. The summed E-state index contributed by atoms with van der Waals surface area (Å²) in [5.74, 6) is 0.857. The minimum Gasteiger partial charge on any atom is -0.469 e. The fourth-order valence-corrected chi connectivity index (χ4v) is 2.27. The fourth-order valence-electron chi connectivity index (χ4n) is 2.02. The monoisotopic (exact) mass is 253 g/mol. The summed E-state index contributed by atoms with van der Waals surface area (Å²) in [6, 6.07) is 1.79. The second-order valence-electron chi connectivity index (χ2n) is 4.22. The molecule has 2 heterocycles. The first-order valence-corrected chi connectivity index (χ1v) is 5.86. The molecule has 0 bridgehead atoms. The largest absolute Gasteiger partial charge is 0.469 e. The Morgan fingerprint density at radius 1 is 1.53 bits per heavy atom. The summed E-state index contributed by atoms with van der Waals surface area (Å²) in [6.45, 7) is 3.85. The minimum absolute atomic E-state index is 0.117. The van der Waals surface area contributed by atoms with Gasteiger partial charge in [0.1, 0.15) is 10.9 Å². The first kappa shape index (κ1) is 12.2. The van der Waals surface area contributed by atoms with Crippen LogP contribution >= 0.6 is 11.6 Å². The molecule has 1 atom stereocenters. The van der Waals surface area contributed by atoms with E-state index in [1.54, 1.807) is 10.9 Å². The molecule has 0 amide bonds. The number of halogens is 1. The number of hydrogen-bond donors (Lipinski definition) is 1. The van der Waals surface area contributed by atoms with Crippen LogP contribution in [0.3, 0.4) is 0 Å². The van der Waals surface area contributed by atoms with E-state index in [4.69, 9.17) is 21.8 Å². The molecular formula is C12H16ClN3O. The number of aromatic nitrogens is 2. The zero-order valence-electron chi connectivity index (χ0n) is 10.2. The van der Waals surface area contributed by atoms with E-state index in [-0.39, 0.29) is 6.04 Å². The molecule has 0 fully saturated rings. The highest BCUT2D eigenvalue weighted by atomic mass is 35.5. The van der Waals surface area contributed by atoms with Crippen molar-refractivity contribution in [1.82, 2.24) is 9.78 Å². The molecule has 0 radical (unpaired) electrons. The molecule has 2 aromatic rings. The first-order chi connectivity index (χ1) is 8.00. The van der Waals surface area contributed by atoms with Crippen LogP contribution in [0.1, 0.15) is 28.6 Å². The van der Waals surface area contributed by atoms with E-state index in [1.165, 1.54) is 0 Å². The lowest BCUT2D eigenvalue weighted by Gasteiger charge is -2.10. The summed E-state index contributed by atoms with van der Waals surface area (Å²) in [4.78, 5) is 0. The molecule has 0 aliphatic carbocycles. The van der Waals surface area contributed by atoms with Gasteiger partial charge in [0.25, 0.3) is 0 Å². The van der Waals surface area contributed by atoms with Crippen molar-refractivity contribution in [2.24, 2.45) is 12.8 Å². The number of aryl methyl sites for hydroxylation is 3. The number of hydrogen-bond acceptors (Lipinski definition) is 3. The van der Waals surface area contributed by atoms with E-state index in [0.29, 0.717) is 11.6 Å². The van der Waals surface area contributed by atoms with Gasteiger partial charge >= 0.3 is 0 Å². The maximum Gasteiger partial charge on any atom is 0.130 e. The molecule has 0 aliphatic heterocycles. The molecule has 0 aliphatic rings. The highest BCUT2D eigenvalue weighted by Crippen LogP contribution is 2.26. The Labute approximate surface area is 105 Å². The molecule has 2 rings (SSSR count). The van der Waals surface area contributed by atoms with Gasteiger partial charge in [-0.25, -0.2) is 0 Å². The van der Waals surface area contributed by atoms with Crippen LogP contribution in [0, 0.1) is 13.8 Å². The van der Waals surface area contributed by atoms with E-state index in [1.807, 2.05) is 27.0 Å². The smallest absolute Gasteiger partial charge is 0.130 e. The molecule has 0 spiro atoms. The maximum absolute atomic E-state index is 6.18. The van der Waals surface area contributed by atoms with Crippen LogP contribution in [0.4, 0.5) is 0 Å². The van der Waals surface area contributed by atoms with E-state index < -0.39 is 0 Å². The normalized spacial score (nSPS) is 13.0. The lowest BCUT2D eigenvalue weighted by Crippen LogP contribution is -2.14. The van der Waals surface area contributed by atoms with Crippen LogP contribution in [0.15, 0.2) is 16.7 Å². The maximum atomic E-state index is 6.18. The molecule has 0 saturated heterocycles. The molecule has 92 valence electrons. The van der Waals surface area contributed by atoms with E-state index in [2.05, 4.69) is 5.10 Å². The zero-order chi connectivity index (χ0) is 12.6. The number of nitrogens with two attached hydrogens (primary N) is 1. The van der Waals surface area contributed by atoms with Crippen LogP contribution < -0.4 is 5.73 Å². The Morgan fingerprint density at radius 3 is 2.71 bits per heavy atom. The second kappa shape index (κ2) is 4.55. The van der Waals surface area contributed by atoms with Crippen molar-refractivity contribution < 1.29 is 4.42 Å². The van der Waals surface area contributed by atoms with Gasteiger partial charge in [-0.2, -0.15) is 5.10 Å². The fraction of sp³-hybridized carbons (Fsp3) is 0.417. The summed E-state index contributed by atoms with van der Waals surface area (Å²) >= 11 is 6.18. The molecule has 4 nitrogen and oxygen atoms in total. The standard InChI is InChI=1S/C12H16ClN3O/c1-7-10(12(13)16(3)15-7)6-11(14)9-4-5-17-8(9)2/h4-5,11H,6,14H2,1-3H3. The summed E-state index contributed by atoms with van der Waals surface area (Å²) in [5, 5.41) is 4.93. The highest BCUT2D eigenvalue weighted by molar-refractivity contribution is 6.30. The summed E-state index contributed by atoms with van der Waals surface area (Å²) in [6.07, 6.45) is 2.32. The number of nitrogens with zero attached hydrogens (tertiary/aromatic N) is 2. The van der Waals surface area contributed by atoms with E-state index in [0.717, 1.165) is 22.6 Å². The van der Waals surface area contributed by atoms with Crippen molar-refractivity contribution in [1.29, 1.82) is 0 Å². The topological polar surface area (TPSA) is 57.0 Å². The lowest BCUT2D eigenvalue weighted by atomic mass is 10.0. The molecule has 17 heavy (non-hydrogen) atoms. The van der Waals surface area contributed by atoms with Crippen molar-refractivity contribution in [2.45, 2.75) is 26.3 Å². The van der Waals surface area contributed by atoms with Gasteiger partial charge in [-0.15, -0.1) is 0 Å². The van der Waals surface area contributed by atoms with Gasteiger partial charge in [-0.1, -0.05) is 11.6 Å². The molecule has 2 aromatic heterocycles. The Balaban J connectivity index is 2.24. The van der Waals surface area contributed by atoms with Crippen LogP contribution in [-0.4, -0.2) is 9.78 Å². The van der Waals surface area contributed by atoms with Crippen molar-refractivity contribution in [3.8, 4) is 0 Å². The average Bonchev–Trinajstić information content (AvgIpc) is 2.78. The van der Waals surface area contributed by atoms with Crippen LogP contribution in [0.5, 0.6) is 0 Å². The zero-order valence-corrected chi connectivity index (χ0v) is 11.0. The van der Waals surface area contributed by atoms with Gasteiger partial charge in [0.15, 0.2) is 0 Å². The Hall–Kier alpha value is -1.26. The Kier molecular flexibility index (Phi) is 3.26.